The minimum Gasteiger partial charge on any atom is -0.481 e. The van der Waals surface area contributed by atoms with E-state index in [1.165, 1.54) is 29.4 Å². The van der Waals surface area contributed by atoms with E-state index < -0.39 is 22.7 Å². The minimum atomic E-state index is -0.779. The lowest BCUT2D eigenvalue weighted by atomic mass is 9.93. The van der Waals surface area contributed by atoms with E-state index in [4.69, 9.17) is 22.8 Å². The van der Waals surface area contributed by atoms with E-state index in [1.807, 2.05) is 0 Å². The molecule has 3 heterocycles. The van der Waals surface area contributed by atoms with Crippen LogP contribution in [0.2, 0.25) is 4.47 Å². The number of nitro groups is 1. The van der Waals surface area contributed by atoms with Gasteiger partial charge in [0.2, 0.25) is 0 Å². The Morgan fingerprint density at radius 2 is 1.95 bits per heavy atom. The summed E-state index contributed by atoms with van der Waals surface area (Å²) in [6.07, 6.45) is 9.61. The molecule has 3 amide bonds. The number of hydrazone groups is 1. The first-order chi connectivity index (χ1) is 19.6. The van der Waals surface area contributed by atoms with Crippen molar-refractivity contribution in [1.29, 1.82) is 0 Å². The van der Waals surface area contributed by atoms with E-state index in [0.717, 1.165) is 28.7 Å². The maximum atomic E-state index is 14.7. The van der Waals surface area contributed by atoms with Crippen LogP contribution in [0.1, 0.15) is 30.6 Å². The van der Waals surface area contributed by atoms with Crippen LogP contribution in [-0.4, -0.2) is 53.9 Å². The molecule has 0 radical (unpaired) electrons. The number of hydrogen-bond acceptors (Lipinski definition) is 8. The molecule has 0 unspecified atom stereocenters. The average molecular weight is 604 g/mol. The standard InChI is InChI=1S/C19H15FN2O4.C6H8ClN5O2S/c1-2-7-21-15-9-14(13(20)8-16(15)26-10-17(21)23)22-18(24)11-5-3-4-6-12(11)19(22)25;1-8-6(11-12(13)14)10-3-4-2-9-5(7)15-4/h1,8-9H,3-7,10H2;2H,3H2,1H3,(H2,8,10,11). The second-order valence-corrected chi connectivity index (χ2v) is 10.4. The highest BCUT2D eigenvalue weighted by molar-refractivity contribution is 7.15. The lowest BCUT2D eigenvalue weighted by Crippen LogP contribution is -2.39. The third kappa shape index (κ3) is 6.44. The molecule has 2 aromatic rings. The third-order valence-corrected chi connectivity index (χ3v) is 7.34. The maximum Gasteiger partial charge on any atom is 0.268 e. The van der Waals surface area contributed by atoms with Crippen molar-refractivity contribution >= 4 is 58.0 Å². The lowest BCUT2D eigenvalue weighted by Gasteiger charge is -2.29. The van der Waals surface area contributed by atoms with Crippen molar-refractivity contribution in [2.75, 3.05) is 30.0 Å². The zero-order valence-corrected chi connectivity index (χ0v) is 23.2. The van der Waals surface area contributed by atoms with Gasteiger partial charge in [0.05, 0.1) is 24.5 Å². The Balaban J connectivity index is 0.000000221. The summed E-state index contributed by atoms with van der Waals surface area (Å²) in [6, 6.07) is 2.37. The zero-order valence-electron chi connectivity index (χ0n) is 21.6. The quantitative estimate of drug-likeness (QED) is 0.131. The van der Waals surface area contributed by atoms with Gasteiger partial charge >= 0.3 is 0 Å². The van der Waals surface area contributed by atoms with E-state index in [0.29, 0.717) is 35.0 Å². The number of anilines is 2. The van der Waals surface area contributed by atoms with Crippen molar-refractivity contribution in [3.8, 4) is 18.1 Å². The predicted octanol–water partition coefficient (Wildman–Crippen LogP) is 2.58. The number of guanidine groups is 1. The number of benzene rings is 1. The number of ether oxygens (including phenoxy) is 1. The van der Waals surface area contributed by atoms with Crippen LogP contribution in [0.15, 0.2) is 34.6 Å². The first kappa shape index (κ1) is 29.4. The van der Waals surface area contributed by atoms with Crippen molar-refractivity contribution in [3.63, 3.8) is 0 Å². The first-order valence-electron chi connectivity index (χ1n) is 12.2. The van der Waals surface area contributed by atoms with Gasteiger partial charge in [-0.25, -0.2) is 24.4 Å². The smallest absolute Gasteiger partial charge is 0.268 e. The fraction of sp³-hybridized carbons (Fsp3) is 0.320. The molecule has 16 heteroatoms. The molecule has 5 rings (SSSR count). The van der Waals surface area contributed by atoms with Crippen LogP contribution in [0, 0.1) is 28.3 Å². The summed E-state index contributed by atoms with van der Waals surface area (Å²) < 4.78 is 20.4. The number of nitrogens with one attached hydrogen (secondary N) is 2. The van der Waals surface area contributed by atoms with Crippen molar-refractivity contribution in [1.82, 2.24) is 15.6 Å². The summed E-state index contributed by atoms with van der Waals surface area (Å²) in [4.78, 5) is 54.3. The molecule has 0 saturated carbocycles. The third-order valence-electron chi connectivity index (χ3n) is 6.23. The number of hydrogen-bond donors (Lipinski definition) is 2. The number of rotatable bonds is 5. The van der Waals surface area contributed by atoms with E-state index >= 15 is 0 Å². The molecule has 0 spiro atoms. The number of fused-ring (bicyclic) bond motifs is 1. The fourth-order valence-corrected chi connectivity index (χ4v) is 5.31. The van der Waals surface area contributed by atoms with Crippen LogP contribution in [-0.2, 0) is 20.9 Å². The number of aromatic nitrogens is 1. The van der Waals surface area contributed by atoms with Gasteiger partial charge in [0.1, 0.15) is 10.9 Å². The molecule has 13 nitrogen and oxygen atoms in total. The second-order valence-electron chi connectivity index (χ2n) is 8.72. The van der Waals surface area contributed by atoms with Crippen molar-refractivity contribution in [2.45, 2.75) is 32.2 Å². The molecule has 41 heavy (non-hydrogen) atoms. The lowest BCUT2D eigenvalue weighted by molar-refractivity contribution is -0.485. The summed E-state index contributed by atoms with van der Waals surface area (Å²) in [7, 11) is 1.54. The summed E-state index contributed by atoms with van der Waals surface area (Å²) in [6.45, 7) is 0.125. The van der Waals surface area contributed by atoms with Gasteiger partial charge in [-0.15, -0.1) is 17.8 Å². The minimum absolute atomic E-state index is 0.0170. The highest BCUT2D eigenvalue weighted by Crippen LogP contribution is 2.41. The Bertz CT molecular complexity index is 1490. The topological polar surface area (TPSA) is 159 Å². The van der Waals surface area contributed by atoms with Gasteiger partial charge in [0.15, 0.2) is 21.9 Å². The molecular weight excluding hydrogens is 581 g/mol. The largest absolute Gasteiger partial charge is 0.481 e. The molecule has 3 aliphatic rings. The van der Waals surface area contributed by atoms with E-state index in [1.54, 1.807) is 6.20 Å². The van der Waals surface area contributed by atoms with Crippen molar-refractivity contribution in [2.24, 2.45) is 5.10 Å². The Hall–Kier alpha value is -4.55. The van der Waals surface area contributed by atoms with Gasteiger partial charge in [-0.1, -0.05) is 17.5 Å². The van der Waals surface area contributed by atoms with Crippen LogP contribution in [0.4, 0.5) is 15.8 Å². The van der Waals surface area contributed by atoms with Gasteiger partial charge in [-0.05, 0) is 31.7 Å². The maximum absolute atomic E-state index is 14.7. The Morgan fingerprint density at radius 1 is 1.27 bits per heavy atom. The molecule has 0 fully saturated rings. The van der Waals surface area contributed by atoms with Crippen LogP contribution in [0.25, 0.3) is 0 Å². The van der Waals surface area contributed by atoms with Gasteiger partial charge in [0, 0.05) is 35.3 Å². The van der Waals surface area contributed by atoms with Gasteiger partial charge in [0.25, 0.3) is 23.7 Å². The molecule has 2 aliphatic heterocycles. The highest BCUT2D eigenvalue weighted by Gasteiger charge is 2.41. The van der Waals surface area contributed by atoms with Crippen LogP contribution in [0.3, 0.4) is 0 Å². The monoisotopic (exact) mass is 603 g/mol. The number of thiazole rings is 1. The number of terminal acetylenes is 1. The summed E-state index contributed by atoms with van der Waals surface area (Å²) in [5.41, 5.74) is 0.992. The first-order valence-corrected chi connectivity index (χ1v) is 13.4. The number of carbonyl (C=O) groups excluding carboxylic acids is 3. The molecule has 0 bridgehead atoms. The average Bonchev–Trinajstić information content (AvgIpc) is 3.48. The van der Waals surface area contributed by atoms with E-state index in [2.05, 4.69) is 26.6 Å². The predicted molar refractivity (Wildman–Crippen MR) is 149 cm³/mol. The summed E-state index contributed by atoms with van der Waals surface area (Å²) in [5.74, 6) is 0.493. The van der Waals surface area contributed by atoms with Gasteiger partial charge < -0.3 is 15.4 Å². The number of nitrogens with zero attached hydrogens (tertiary/aromatic N) is 5. The number of imide groups is 1. The number of amides is 3. The number of halogens is 2. The van der Waals surface area contributed by atoms with E-state index in [9.17, 15) is 28.9 Å². The second kappa shape index (κ2) is 12.7. The molecular formula is C25H23ClFN7O6S. The molecule has 214 valence electrons. The Kier molecular flexibility index (Phi) is 9.15. The van der Waals surface area contributed by atoms with Gasteiger partial charge in [-0.3, -0.25) is 19.3 Å². The Morgan fingerprint density at radius 3 is 2.51 bits per heavy atom. The van der Waals surface area contributed by atoms with Crippen molar-refractivity contribution < 1.29 is 28.5 Å². The Labute approximate surface area is 242 Å². The summed E-state index contributed by atoms with van der Waals surface area (Å²) in [5, 5.41) is 17.7. The molecule has 1 aromatic carbocycles. The zero-order chi connectivity index (χ0) is 29.7. The van der Waals surface area contributed by atoms with E-state index in [-0.39, 0.29) is 42.1 Å². The number of carbonyl (C=O) groups is 3. The summed E-state index contributed by atoms with van der Waals surface area (Å²) >= 11 is 6.92. The molecule has 0 atom stereocenters. The van der Waals surface area contributed by atoms with Crippen LogP contribution in [0.5, 0.6) is 5.75 Å². The molecule has 0 saturated heterocycles. The van der Waals surface area contributed by atoms with Gasteiger partial charge in [-0.2, -0.15) is 0 Å². The molecule has 1 aromatic heterocycles. The fourth-order valence-electron chi connectivity index (χ4n) is 4.40. The van der Waals surface area contributed by atoms with Crippen molar-refractivity contribution in [3.05, 3.63) is 54.8 Å². The molecule has 2 N–H and O–H groups in total. The molecule has 1 aliphatic carbocycles. The van der Waals surface area contributed by atoms with Crippen LogP contribution >= 0.6 is 22.9 Å². The van der Waals surface area contributed by atoms with Crippen LogP contribution < -0.4 is 25.2 Å². The SMILES string of the molecule is C#CCN1C(=O)COc2cc(F)c(N3C(=O)C4=C(CCCC4)C3=O)cc21.CN/C(=N\[N+](=O)[O-])NCc1cnc(Cl)s1. The normalized spacial score (nSPS) is 16.3. The highest BCUT2D eigenvalue weighted by atomic mass is 35.5.